The topological polar surface area (TPSA) is 69.0 Å². The van der Waals surface area contributed by atoms with E-state index < -0.39 is 0 Å². The van der Waals surface area contributed by atoms with Crippen molar-refractivity contribution >= 4 is 33.3 Å². The van der Waals surface area contributed by atoms with Gasteiger partial charge in [-0.25, -0.2) is 4.98 Å². The Morgan fingerprint density at radius 1 is 1.27 bits per heavy atom. The average molecular weight is 370 g/mol. The lowest BCUT2D eigenvalue weighted by Crippen LogP contribution is -2.25. The molecule has 1 aliphatic carbocycles. The highest BCUT2D eigenvalue weighted by Crippen LogP contribution is 2.30. The number of hydrogen-bond donors (Lipinski definition) is 1. The highest BCUT2D eigenvalue weighted by molar-refractivity contribution is 7.20. The van der Waals surface area contributed by atoms with E-state index in [-0.39, 0.29) is 11.8 Å². The van der Waals surface area contributed by atoms with Gasteiger partial charge in [0, 0.05) is 18.1 Å². The minimum absolute atomic E-state index is 0.0913. The molecule has 7 heteroatoms. The lowest BCUT2D eigenvalue weighted by atomic mass is 9.89. The van der Waals surface area contributed by atoms with Crippen molar-refractivity contribution in [2.45, 2.75) is 39.0 Å². The van der Waals surface area contributed by atoms with E-state index >= 15 is 0 Å². The molecule has 6 nitrogen and oxygen atoms in total. The zero-order chi connectivity index (χ0) is 18.1. The second-order valence-corrected chi connectivity index (χ2v) is 7.75. The molecule has 136 valence electrons. The monoisotopic (exact) mass is 370 g/mol. The number of anilines is 1. The fourth-order valence-electron chi connectivity index (χ4n) is 3.44. The zero-order valence-electron chi connectivity index (χ0n) is 15.0. The van der Waals surface area contributed by atoms with E-state index in [1.807, 2.05) is 31.2 Å². The molecule has 3 aromatic rings. The van der Waals surface area contributed by atoms with Gasteiger partial charge in [-0.1, -0.05) is 30.6 Å². The van der Waals surface area contributed by atoms with Crippen molar-refractivity contribution in [1.82, 2.24) is 14.8 Å². The summed E-state index contributed by atoms with van der Waals surface area (Å²) in [5, 5.41) is 8.34. The maximum absolute atomic E-state index is 12.6. The third-order valence-corrected chi connectivity index (χ3v) is 5.84. The van der Waals surface area contributed by atoms with Crippen LogP contribution in [0, 0.1) is 12.8 Å². The van der Waals surface area contributed by atoms with Crippen molar-refractivity contribution < 1.29 is 9.53 Å². The van der Waals surface area contributed by atoms with Crippen LogP contribution in [-0.4, -0.2) is 27.8 Å². The van der Waals surface area contributed by atoms with Gasteiger partial charge in [0.05, 0.1) is 23.0 Å². The summed E-state index contributed by atoms with van der Waals surface area (Å²) in [6.07, 6.45) is 5.45. The summed E-state index contributed by atoms with van der Waals surface area (Å²) in [4.78, 5) is 17.3. The Bertz CT molecular complexity index is 940. The Hall–Kier alpha value is -2.41. The highest BCUT2D eigenvalue weighted by atomic mass is 32.1. The number of nitrogens with zero attached hydrogens (tertiary/aromatic N) is 3. The molecule has 0 unspecified atom stereocenters. The maximum atomic E-state index is 12.6. The minimum atomic E-state index is 0.0913. The summed E-state index contributed by atoms with van der Waals surface area (Å²) in [7, 11) is 1.64. The van der Waals surface area contributed by atoms with Crippen molar-refractivity contribution in [1.29, 1.82) is 0 Å². The van der Waals surface area contributed by atoms with Crippen LogP contribution in [0.2, 0.25) is 0 Å². The molecule has 0 aliphatic heterocycles. The molecule has 1 aromatic carbocycles. The molecule has 1 saturated carbocycles. The van der Waals surface area contributed by atoms with Crippen molar-refractivity contribution in [2.75, 3.05) is 12.4 Å². The third kappa shape index (κ3) is 3.31. The van der Waals surface area contributed by atoms with Crippen LogP contribution in [0.15, 0.2) is 24.3 Å². The number of carbonyl (C=O) groups excluding carboxylic acids is 1. The van der Waals surface area contributed by atoms with Gasteiger partial charge in [0.25, 0.3) is 0 Å². The number of amides is 1. The van der Waals surface area contributed by atoms with Crippen molar-refractivity contribution in [2.24, 2.45) is 5.92 Å². The number of ether oxygens (including phenoxy) is 1. The van der Waals surface area contributed by atoms with Crippen LogP contribution in [0.3, 0.4) is 0 Å². The molecular weight excluding hydrogens is 348 g/mol. The van der Waals surface area contributed by atoms with Gasteiger partial charge in [-0.2, -0.15) is 9.78 Å². The average Bonchev–Trinajstić information content (AvgIpc) is 3.24. The van der Waals surface area contributed by atoms with Crippen molar-refractivity contribution in [3.63, 3.8) is 0 Å². The molecule has 2 heterocycles. The Labute approximate surface area is 156 Å². The molecule has 1 N–H and O–H groups in total. The normalized spacial score (nSPS) is 15.3. The second kappa shape index (κ2) is 7.07. The van der Waals surface area contributed by atoms with Gasteiger partial charge in [0.15, 0.2) is 0 Å². The molecule has 1 aliphatic rings. The number of aryl methyl sites for hydroxylation is 1. The standard InChI is InChI=1S/C19H22N4O2S/c1-12-10-17(21-18(24)13-6-4-3-5-7-13)23(22-12)19-20-15-11-14(25-2)8-9-16(15)26-19/h8-11,13H,3-7H2,1-2H3,(H,21,24). The van der Waals surface area contributed by atoms with Gasteiger partial charge < -0.3 is 10.1 Å². The lowest BCUT2D eigenvalue weighted by Gasteiger charge is -2.20. The van der Waals surface area contributed by atoms with Crippen LogP contribution in [0.25, 0.3) is 15.3 Å². The minimum Gasteiger partial charge on any atom is -0.497 e. The predicted molar refractivity (Wildman–Crippen MR) is 103 cm³/mol. The first kappa shape index (κ1) is 17.0. The van der Waals surface area contributed by atoms with E-state index in [2.05, 4.69) is 15.4 Å². The van der Waals surface area contributed by atoms with Crippen LogP contribution in [0.5, 0.6) is 5.75 Å². The second-order valence-electron chi connectivity index (χ2n) is 6.74. The third-order valence-electron chi connectivity index (χ3n) is 4.82. The lowest BCUT2D eigenvalue weighted by molar-refractivity contribution is -0.120. The fourth-order valence-corrected chi connectivity index (χ4v) is 4.35. The first-order valence-corrected chi connectivity index (χ1v) is 9.78. The van der Waals surface area contributed by atoms with Gasteiger partial charge in [-0.3, -0.25) is 4.79 Å². The number of nitrogens with one attached hydrogen (secondary N) is 1. The Morgan fingerprint density at radius 3 is 2.85 bits per heavy atom. The molecule has 0 bridgehead atoms. The largest absolute Gasteiger partial charge is 0.497 e. The SMILES string of the molecule is COc1ccc2sc(-n3nc(C)cc3NC(=O)C3CCCCC3)nc2c1. The quantitative estimate of drug-likeness (QED) is 0.743. The predicted octanol–water partition coefficient (Wildman–Crippen LogP) is 4.32. The molecule has 0 radical (unpaired) electrons. The molecule has 2 aromatic heterocycles. The first-order chi connectivity index (χ1) is 12.6. The van der Waals surface area contributed by atoms with Gasteiger partial charge in [0.1, 0.15) is 11.6 Å². The number of benzene rings is 1. The number of methoxy groups -OCH3 is 1. The van der Waals surface area contributed by atoms with E-state index in [0.717, 1.165) is 52.5 Å². The van der Waals surface area contributed by atoms with Crippen LogP contribution in [0.4, 0.5) is 5.82 Å². The summed E-state index contributed by atoms with van der Waals surface area (Å²) in [5.41, 5.74) is 1.71. The molecule has 1 amide bonds. The number of fused-ring (bicyclic) bond motifs is 1. The Balaban J connectivity index is 1.63. The highest BCUT2D eigenvalue weighted by Gasteiger charge is 2.23. The zero-order valence-corrected chi connectivity index (χ0v) is 15.8. The summed E-state index contributed by atoms with van der Waals surface area (Å²) < 4.78 is 8.05. The van der Waals surface area contributed by atoms with E-state index in [0.29, 0.717) is 5.82 Å². The Morgan fingerprint density at radius 2 is 2.08 bits per heavy atom. The number of thiazole rings is 1. The molecule has 4 rings (SSSR count). The van der Waals surface area contributed by atoms with Gasteiger partial charge in [-0.05, 0) is 31.9 Å². The summed E-state index contributed by atoms with van der Waals surface area (Å²) in [6.45, 7) is 1.92. The smallest absolute Gasteiger partial charge is 0.228 e. The fraction of sp³-hybridized carbons (Fsp3) is 0.421. The van der Waals surface area contributed by atoms with Gasteiger partial charge in [-0.15, -0.1) is 0 Å². The summed E-state index contributed by atoms with van der Waals surface area (Å²) in [5.74, 6) is 1.65. The van der Waals surface area contributed by atoms with E-state index in [4.69, 9.17) is 4.74 Å². The van der Waals surface area contributed by atoms with E-state index in [1.165, 1.54) is 6.42 Å². The van der Waals surface area contributed by atoms with Gasteiger partial charge in [0.2, 0.25) is 11.0 Å². The number of rotatable bonds is 4. The molecule has 1 fully saturated rings. The summed E-state index contributed by atoms with van der Waals surface area (Å²) in [6, 6.07) is 7.72. The Kier molecular flexibility index (Phi) is 4.63. The number of aromatic nitrogens is 3. The molecule has 0 saturated heterocycles. The number of hydrogen-bond acceptors (Lipinski definition) is 5. The van der Waals surface area contributed by atoms with Crippen LogP contribution in [0.1, 0.15) is 37.8 Å². The molecule has 26 heavy (non-hydrogen) atoms. The van der Waals surface area contributed by atoms with Crippen molar-refractivity contribution in [3.8, 4) is 10.9 Å². The van der Waals surface area contributed by atoms with Crippen LogP contribution in [-0.2, 0) is 4.79 Å². The molecular formula is C19H22N4O2S. The van der Waals surface area contributed by atoms with Crippen LogP contribution < -0.4 is 10.1 Å². The molecule has 0 spiro atoms. The molecule has 0 atom stereocenters. The van der Waals surface area contributed by atoms with E-state index in [1.54, 1.807) is 23.1 Å². The number of carbonyl (C=O) groups is 1. The van der Waals surface area contributed by atoms with Gasteiger partial charge >= 0.3 is 0 Å². The first-order valence-electron chi connectivity index (χ1n) is 8.96. The summed E-state index contributed by atoms with van der Waals surface area (Å²) >= 11 is 1.54. The van der Waals surface area contributed by atoms with Crippen LogP contribution >= 0.6 is 11.3 Å². The van der Waals surface area contributed by atoms with E-state index in [9.17, 15) is 4.79 Å². The maximum Gasteiger partial charge on any atom is 0.228 e. The van der Waals surface area contributed by atoms with Crippen molar-refractivity contribution in [3.05, 3.63) is 30.0 Å².